The lowest BCUT2D eigenvalue weighted by molar-refractivity contribution is -0.138. The van der Waals surface area contributed by atoms with E-state index in [-0.39, 0.29) is 16.7 Å². The first-order valence-electron chi connectivity index (χ1n) is 8.98. The molecule has 1 aromatic heterocycles. The zero-order chi connectivity index (χ0) is 19.9. The SMILES string of the molecule is Cc1nc(-c2ccccc2)sc1C(=O)NNC(=O)[C@H]1CS[C@@]2(C)CCC(=O)N12. The first-order chi connectivity index (χ1) is 13.4. The van der Waals surface area contributed by atoms with E-state index in [1.165, 1.54) is 11.3 Å². The highest BCUT2D eigenvalue weighted by atomic mass is 32.2. The second-order valence-electron chi connectivity index (χ2n) is 7.01. The summed E-state index contributed by atoms with van der Waals surface area (Å²) < 4.78 is 0. The number of carbonyl (C=O) groups excluding carboxylic acids is 3. The van der Waals surface area contributed by atoms with Crippen molar-refractivity contribution >= 4 is 40.8 Å². The molecule has 0 bridgehead atoms. The molecule has 2 fully saturated rings. The van der Waals surface area contributed by atoms with E-state index < -0.39 is 11.9 Å². The maximum Gasteiger partial charge on any atom is 0.281 e. The molecule has 2 aliphatic rings. The molecule has 7 nitrogen and oxygen atoms in total. The standard InChI is InChI=1S/C19H20N4O3S2/c1-11-15(28-18(20-11)12-6-4-3-5-7-12)17(26)22-21-16(25)13-10-27-19(2)9-8-14(24)23(13)19/h3-7,13H,8-10H2,1-2H3,(H,21,25)(H,22,26)/t13-,19+/m1/s1. The van der Waals surface area contributed by atoms with Crippen LogP contribution in [0.2, 0.25) is 0 Å². The van der Waals surface area contributed by atoms with Crippen molar-refractivity contribution in [2.24, 2.45) is 0 Å². The van der Waals surface area contributed by atoms with Gasteiger partial charge in [0.05, 0.1) is 10.6 Å². The lowest BCUT2D eigenvalue weighted by atomic mass is 10.2. The zero-order valence-electron chi connectivity index (χ0n) is 15.5. The van der Waals surface area contributed by atoms with Gasteiger partial charge in [-0.3, -0.25) is 25.2 Å². The fraction of sp³-hybridized carbons (Fsp3) is 0.368. The minimum absolute atomic E-state index is 0.00946. The number of benzene rings is 1. The van der Waals surface area contributed by atoms with E-state index in [1.807, 2.05) is 37.3 Å². The van der Waals surface area contributed by atoms with E-state index in [4.69, 9.17) is 0 Å². The van der Waals surface area contributed by atoms with Gasteiger partial charge >= 0.3 is 0 Å². The molecule has 2 saturated heterocycles. The molecule has 3 amide bonds. The summed E-state index contributed by atoms with van der Waals surface area (Å²) in [6.45, 7) is 3.75. The van der Waals surface area contributed by atoms with Gasteiger partial charge in [-0.2, -0.15) is 0 Å². The van der Waals surface area contributed by atoms with Crippen LogP contribution in [0.3, 0.4) is 0 Å². The number of hydrogen-bond acceptors (Lipinski definition) is 6. The van der Waals surface area contributed by atoms with Gasteiger partial charge in [0, 0.05) is 17.7 Å². The maximum atomic E-state index is 12.6. The van der Waals surface area contributed by atoms with E-state index in [0.717, 1.165) is 17.0 Å². The monoisotopic (exact) mass is 416 g/mol. The second-order valence-corrected chi connectivity index (χ2v) is 9.51. The number of aryl methyl sites for hydroxylation is 1. The summed E-state index contributed by atoms with van der Waals surface area (Å²) >= 11 is 2.89. The highest BCUT2D eigenvalue weighted by Crippen LogP contribution is 2.47. The molecule has 0 saturated carbocycles. The van der Waals surface area contributed by atoms with Crippen molar-refractivity contribution in [1.29, 1.82) is 0 Å². The molecule has 0 aliphatic carbocycles. The number of aromatic nitrogens is 1. The number of hydrazine groups is 1. The second kappa shape index (κ2) is 7.21. The first kappa shape index (κ1) is 18.9. The van der Waals surface area contributed by atoms with Gasteiger partial charge < -0.3 is 4.90 Å². The molecule has 2 aromatic rings. The van der Waals surface area contributed by atoms with Crippen LogP contribution in [0.25, 0.3) is 10.6 Å². The predicted octanol–water partition coefficient (Wildman–Crippen LogP) is 2.33. The van der Waals surface area contributed by atoms with Gasteiger partial charge in [-0.25, -0.2) is 4.98 Å². The quantitative estimate of drug-likeness (QED) is 0.750. The van der Waals surface area contributed by atoms with Crippen molar-refractivity contribution < 1.29 is 14.4 Å². The Labute approximate surface area is 170 Å². The fourth-order valence-corrected chi connectivity index (χ4v) is 5.98. The number of nitrogens with zero attached hydrogens (tertiary/aromatic N) is 2. The molecule has 2 atom stereocenters. The highest BCUT2D eigenvalue weighted by molar-refractivity contribution is 8.01. The van der Waals surface area contributed by atoms with Crippen LogP contribution in [0.1, 0.15) is 35.1 Å². The number of carbonyl (C=O) groups is 3. The van der Waals surface area contributed by atoms with Crippen molar-refractivity contribution in [1.82, 2.24) is 20.7 Å². The molecule has 146 valence electrons. The maximum absolute atomic E-state index is 12.6. The van der Waals surface area contributed by atoms with Crippen molar-refractivity contribution in [3.05, 3.63) is 40.9 Å². The number of thiazole rings is 1. The molecule has 0 unspecified atom stereocenters. The van der Waals surface area contributed by atoms with Gasteiger partial charge in [0.1, 0.15) is 15.9 Å². The van der Waals surface area contributed by atoms with Crippen molar-refractivity contribution in [2.45, 2.75) is 37.6 Å². The van der Waals surface area contributed by atoms with Crippen LogP contribution in [-0.4, -0.2) is 44.3 Å². The Morgan fingerprint density at radius 1 is 1.25 bits per heavy atom. The minimum atomic E-state index is -0.562. The molecular formula is C19H20N4O3S2. The highest BCUT2D eigenvalue weighted by Gasteiger charge is 2.52. The number of fused-ring (bicyclic) bond motifs is 1. The zero-order valence-corrected chi connectivity index (χ0v) is 17.2. The normalized spacial score (nSPS) is 23.6. The van der Waals surface area contributed by atoms with Gasteiger partial charge in [0.2, 0.25) is 5.91 Å². The van der Waals surface area contributed by atoms with Gasteiger partial charge in [0.15, 0.2) is 0 Å². The van der Waals surface area contributed by atoms with Crippen LogP contribution in [0.15, 0.2) is 30.3 Å². The Kier molecular flexibility index (Phi) is 4.88. The Morgan fingerprint density at radius 2 is 2.00 bits per heavy atom. The van der Waals surface area contributed by atoms with E-state index in [2.05, 4.69) is 15.8 Å². The molecule has 2 N–H and O–H groups in total. The Morgan fingerprint density at radius 3 is 2.75 bits per heavy atom. The van der Waals surface area contributed by atoms with Crippen molar-refractivity contribution in [3.8, 4) is 10.6 Å². The van der Waals surface area contributed by atoms with E-state index in [1.54, 1.807) is 23.6 Å². The Bertz CT molecular complexity index is 946. The van der Waals surface area contributed by atoms with Gasteiger partial charge in [0.25, 0.3) is 11.8 Å². The average Bonchev–Trinajstić information content (AvgIpc) is 3.33. The lowest BCUT2D eigenvalue weighted by Crippen LogP contribution is -2.54. The molecule has 0 radical (unpaired) electrons. The first-order valence-corrected chi connectivity index (χ1v) is 10.8. The van der Waals surface area contributed by atoms with Crippen LogP contribution in [0, 0.1) is 6.92 Å². The summed E-state index contributed by atoms with van der Waals surface area (Å²) in [5.74, 6) is -0.261. The van der Waals surface area contributed by atoms with Crippen LogP contribution < -0.4 is 10.9 Å². The molecule has 3 heterocycles. The summed E-state index contributed by atoms with van der Waals surface area (Å²) in [6, 6.07) is 9.06. The molecular weight excluding hydrogens is 396 g/mol. The average molecular weight is 417 g/mol. The fourth-order valence-electron chi connectivity index (χ4n) is 3.58. The number of amides is 3. The topological polar surface area (TPSA) is 91.4 Å². The van der Waals surface area contributed by atoms with E-state index in [9.17, 15) is 14.4 Å². The Balaban J connectivity index is 1.42. The lowest BCUT2D eigenvalue weighted by Gasteiger charge is -2.29. The predicted molar refractivity (Wildman–Crippen MR) is 109 cm³/mol. The molecule has 28 heavy (non-hydrogen) atoms. The van der Waals surface area contributed by atoms with E-state index in [0.29, 0.717) is 22.7 Å². The van der Waals surface area contributed by atoms with Gasteiger partial charge in [-0.1, -0.05) is 30.3 Å². The largest absolute Gasteiger partial charge is 0.315 e. The summed E-state index contributed by atoms with van der Waals surface area (Å²) in [7, 11) is 0. The number of nitrogens with one attached hydrogen (secondary N) is 2. The number of hydrogen-bond donors (Lipinski definition) is 2. The number of thioether (sulfide) groups is 1. The Hall–Kier alpha value is -2.39. The summed E-state index contributed by atoms with van der Waals surface area (Å²) in [5.41, 5.74) is 6.50. The van der Waals surface area contributed by atoms with Crippen molar-refractivity contribution in [3.63, 3.8) is 0 Å². The van der Waals surface area contributed by atoms with Crippen LogP contribution in [0.4, 0.5) is 0 Å². The summed E-state index contributed by atoms with van der Waals surface area (Å²) in [5, 5.41) is 0.750. The molecule has 1 aromatic carbocycles. The third-order valence-electron chi connectivity index (χ3n) is 5.07. The van der Waals surface area contributed by atoms with Crippen LogP contribution in [-0.2, 0) is 9.59 Å². The minimum Gasteiger partial charge on any atom is -0.315 e. The smallest absolute Gasteiger partial charge is 0.281 e. The van der Waals surface area contributed by atoms with Crippen LogP contribution >= 0.6 is 23.1 Å². The van der Waals surface area contributed by atoms with Gasteiger partial charge in [-0.05, 0) is 20.3 Å². The number of rotatable bonds is 3. The summed E-state index contributed by atoms with van der Waals surface area (Å²) in [6.07, 6.45) is 1.21. The summed E-state index contributed by atoms with van der Waals surface area (Å²) in [4.78, 5) is 43.5. The molecule has 2 aliphatic heterocycles. The molecule has 0 spiro atoms. The van der Waals surface area contributed by atoms with Crippen molar-refractivity contribution in [2.75, 3.05) is 5.75 Å². The van der Waals surface area contributed by atoms with E-state index >= 15 is 0 Å². The van der Waals surface area contributed by atoms with Crippen LogP contribution in [0.5, 0.6) is 0 Å². The van der Waals surface area contributed by atoms with Gasteiger partial charge in [-0.15, -0.1) is 23.1 Å². The third kappa shape index (κ3) is 3.29. The molecule has 4 rings (SSSR count). The third-order valence-corrected chi connectivity index (χ3v) is 7.78. The molecule has 9 heteroatoms.